The van der Waals surface area contributed by atoms with Gasteiger partial charge in [-0.15, -0.1) is 0 Å². The summed E-state index contributed by atoms with van der Waals surface area (Å²) in [5.41, 5.74) is 1.26. The van der Waals surface area contributed by atoms with Crippen molar-refractivity contribution in [2.45, 2.75) is 32.9 Å². The standard InChI is InChI=1S/C25H21Br2ClN2O5S/c1-11(2)35-24(33)20-12(3)29-25-30(21(20)16-9-14(26)5-6-18(16)34-4)23(32)19(36-25)8-13-7-15(27)10-17(28)22(13)31/h5-11,21,31H,1-4H3/b19-8-/t21-/m1/s1. The van der Waals surface area contributed by atoms with Crippen molar-refractivity contribution in [1.29, 1.82) is 0 Å². The predicted octanol–water partition coefficient (Wildman–Crippen LogP) is 5.08. The molecule has 4 rings (SSSR count). The number of carbonyl (C=O) groups is 1. The van der Waals surface area contributed by atoms with E-state index in [9.17, 15) is 14.7 Å². The molecule has 0 amide bonds. The van der Waals surface area contributed by atoms with Crippen LogP contribution in [0.1, 0.15) is 37.9 Å². The van der Waals surface area contributed by atoms with E-state index in [1.165, 1.54) is 11.7 Å². The molecule has 0 aliphatic carbocycles. The normalized spacial score (nSPS) is 15.7. The number of fused-ring (bicyclic) bond motifs is 1. The Labute approximate surface area is 232 Å². The number of phenols is 1. The van der Waals surface area contributed by atoms with Crippen LogP contribution in [0.5, 0.6) is 11.5 Å². The summed E-state index contributed by atoms with van der Waals surface area (Å²) in [5.74, 6) is -0.212. The summed E-state index contributed by atoms with van der Waals surface area (Å²) >= 11 is 14.1. The summed E-state index contributed by atoms with van der Waals surface area (Å²) < 4.78 is 14.3. The highest BCUT2D eigenvalue weighted by Gasteiger charge is 2.35. The second kappa shape index (κ2) is 10.5. The zero-order chi connectivity index (χ0) is 26.3. The Kier molecular flexibility index (Phi) is 7.80. The maximum absolute atomic E-state index is 13.8. The fraction of sp³-hybridized carbons (Fsp3) is 0.240. The van der Waals surface area contributed by atoms with E-state index in [0.29, 0.717) is 36.4 Å². The van der Waals surface area contributed by atoms with E-state index in [1.54, 1.807) is 45.0 Å². The molecule has 0 saturated heterocycles. The lowest BCUT2D eigenvalue weighted by Crippen LogP contribution is -2.40. The SMILES string of the molecule is COc1ccc(Br)cc1[C@@H]1C(C(=O)OC(C)C)=C(C)N=c2s/c(=C\c3cc(Br)cc(Cl)c3O)c(=O)n21. The second-order valence-electron chi connectivity index (χ2n) is 8.25. The molecule has 188 valence electrons. The van der Waals surface area contributed by atoms with E-state index >= 15 is 0 Å². The number of hydrogen-bond donors (Lipinski definition) is 1. The Hall–Kier alpha value is -2.40. The summed E-state index contributed by atoms with van der Waals surface area (Å²) in [6.07, 6.45) is 1.19. The number of allylic oxidation sites excluding steroid dienone is 1. The molecule has 0 radical (unpaired) electrons. The number of ether oxygens (including phenoxy) is 2. The van der Waals surface area contributed by atoms with Gasteiger partial charge in [-0.2, -0.15) is 0 Å². The number of aromatic nitrogens is 1. The molecular formula is C25H21Br2ClN2O5S. The van der Waals surface area contributed by atoms with E-state index in [-0.39, 0.29) is 28.0 Å². The van der Waals surface area contributed by atoms with Crippen molar-refractivity contribution < 1.29 is 19.4 Å². The number of rotatable bonds is 5. The Morgan fingerprint density at radius 1 is 1.25 bits per heavy atom. The summed E-state index contributed by atoms with van der Waals surface area (Å²) in [7, 11) is 1.53. The highest BCUT2D eigenvalue weighted by molar-refractivity contribution is 9.10. The molecule has 2 heterocycles. The molecule has 0 saturated carbocycles. The zero-order valence-electron chi connectivity index (χ0n) is 19.6. The first-order valence-electron chi connectivity index (χ1n) is 10.8. The first-order chi connectivity index (χ1) is 17.0. The van der Waals surface area contributed by atoms with E-state index in [0.717, 1.165) is 15.8 Å². The van der Waals surface area contributed by atoms with Crippen molar-refractivity contribution in [3.63, 3.8) is 0 Å². The lowest BCUT2D eigenvalue weighted by molar-refractivity contribution is -0.143. The Balaban J connectivity index is 2.03. The van der Waals surface area contributed by atoms with Crippen molar-refractivity contribution >= 4 is 66.8 Å². The van der Waals surface area contributed by atoms with Gasteiger partial charge in [0, 0.05) is 20.1 Å². The van der Waals surface area contributed by atoms with Gasteiger partial charge >= 0.3 is 5.97 Å². The van der Waals surface area contributed by atoms with Gasteiger partial charge in [-0.1, -0.05) is 54.8 Å². The molecule has 1 N–H and O–H groups in total. The number of methoxy groups -OCH3 is 1. The Morgan fingerprint density at radius 2 is 1.97 bits per heavy atom. The van der Waals surface area contributed by atoms with Crippen LogP contribution >= 0.6 is 54.8 Å². The molecule has 0 fully saturated rings. The third kappa shape index (κ3) is 5.04. The van der Waals surface area contributed by atoms with Crippen LogP contribution in [0.25, 0.3) is 6.08 Å². The first kappa shape index (κ1) is 26.7. The van der Waals surface area contributed by atoms with E-state index < -0.39 is 12.0 Å². The molecule has 0 spiro atoms. The number of carbonyl (C=O) groups excluding carboxylic acids is 1. The minimum absolute atomic E-state index is 0.145. The Bertz CT molecular complexity index is 1590. The number of thiazole rings is 1. The quantitative estimate of drug-likeness (QED) is 0.387. The molecule has 7 nitrogen and oxygen atoms in total. The summed E-state index contributed by atoms with van der Waals surface area (Å²) in [4.78, 5) is 32.0. The number of nitrogens with zero attached hydrogens (tertiary/aromatic N) is 2. The molecular weight excluding hydrogens is 636 g/mol. The number of phenolic OH excluding ortho intramolecular Hbond substituents is 1. The molecule has 3 aromatic rings. The van der Waals surface area contributed by atoms with Gasteiger partial charge in [0.25, 0.3) is 5.56 Å². The lowest BCUT2D eigenvalue weighted by atomic mass is 9.95. The van der Waals surface area contributed by atoms with Crippen LogP contribution in [0.2, 0.25) is 5.02 Å². The monoisotopic (exact) mass is 654 g/mol. The van der Waals surface area contributed by atoms with E-state index in [2.05, 4.69) is 36.9 Å². The molecule has 1 aliphatic heterocycles. The van der Waals surface area contributed by atoms with Gasteiger partial charge in [0.15, 0.2) is 4.80 Å². The molecule has 0 unspecified atom stereocenters. The van der Waals surface area contributed by atoms with Crippen LogP contribution in [0.15, 0.2) is 60.3 Å². The van der Waals surface area contributed by atoms with Crippen molar-refractivity contribution in [3.8, 4) is 11.5 Å². The largest absolute Gasteiger partial charge is 0.506 e. The summed E-state index contributed by atoms with van der Waals surface area (Å²) in [5, 5.41) is 10.6. The molecule has 2 aromatic carbocycles. The van der Waals surface area contributed by atoms with Crippen molar-refractivity contribution in [1.82, 2.24) is 4.57 Å². The fourth-order valence-corrected chi connectivity index (χ4v) is 6.16. The first-order valence-corrected chi connectivity index (χ1v) is 13.5. The van der Waals surface area contributed by atoms with Crippen molar-refractivity contribution in [3.05, 3.63) is 86.4 Å². The van der Waals surface area contributed by atoms with Gasteiger partial charge in [0.05, 0.1) is 34.0 Å². The molecule has 0 bridgehead atoms. The van der Waals surface area contributed by atoms with Gasteiger partial charge in [0.2, 0.25) is 0 Å². The average molecular weight is 657 g/mol. The van der Waals surface area contributed by atoms with Crippen LogP contribution in [-0.4, -0.2) is 28.9 Å². The number of benzene rings is 2. The third-order valence-electron chi connectivity index (χ3n) is 5.41. The zero-order valence-corrected chi connectivity index (χ0v) is 24.4. The van der Waals surface area contributed by atoms with Crippen LogP contribution in [0, 0.1) is 0 Å². The Morgan fingerprint density at radius 3 is 2.64 bits per heavy atom. The molecule has 1 aliphatic rings. The second-order valence-corrected chi connectivity index (χ2v) is 11.5. The van der Waals surface area contributed by atoms with E-state index in [1.807, 2.05) is 12.1 Å². The highest BCUT2D eigenvalue weighted by atomic mass is 79.9. The molecule has 1 aromatic heterocycles. The lowest BCUT2D eigenvalue weighted by Gasteiger charge is -2.26. The summed E-state index contributed by atoms with van der Waals surface area (Å²) in [6, 6.07) is 7.76. The van der Waals surface area contributed by atoms with Gasteiger partial charge in [-0.25, -0.2) is 9.79 Å². The summed E-state index contributed by atoms with van der Waals surface area (Å²) in [6.45, 7) is 5.23. The van der Waals surface area contributed by atoms with Crippen molar-refractivity contribution in [2.24, 2.45) is 4.99 Å². The third-order valence-corrected chi connectivity index (χ3v) is 7.64. The smallest absolute Gasteiger partial charge is 0.338 e. The number of hydrogen-bond acceptors (Lipinski definition) is 7. The van der Waals surface area contributed by atoms with Gasteiger partial charge in [-0.05, 0) is 57.2 Å². The van der Waals surface area contributed by atoms with Gasteiger partial charge in [0.1, 0.15) is 17.5 Å². The molecule has 11 heteroatoms. The maximum atomic E-state index is 13.8. The molecule has 36 heavy (non-hydrogen) atoms. The van der Waals surface area contributed by atoms with E-state index in [4.69, 9.17) is 21.1 Å². The number of esters is 1. The number of aromatic hydroxyl groups is 1. The topological polar surface area (TPSA) is 90.1 Å². The average Bonchev–Trinajstić information content (AvgIpc) is 3.10. The minimum atomic E-state index is -0.846. The van der Waals surface area contributed by atoms with Gasteiger partial charge < -0.3 is 14.6 Å². The van der Waals surface area contributed by atoms with Gasteiger partial charge in [-0.3, -0.25) is 9.36 Å². The minimum Gasteiger partial charge on any atom is -0.506 e. The fourth-order valence-electron chi connectivity index (χ4n) is 3.91. The van der Waals surface area contributed by atoms with Crippen LogP contribution < -0.4 is 19.6 Å². The molecule has 1 atom stereocenters. The van der Waals surface area contributed by atoms with Crippen molar-refractivity contribution in [2.75, 3.05) is 7.11 Å². The van der Waals surface area contributed by atoms with Crippen LogP contribution in [0.3, 0.4) is 0 Å². The van der Waals surface area contributed by atoms with Crippen LogP contribution in [-0.2, 0) is 9.53 Å². The maximum Gasteiger partial charge on any atom is 0.338 e. The predicted molar refractivity (Wildman–Crippen MR) is 147 cm³/mol. The number of halogens is 3. The highest BCUT2D eigenvalue weighted by Crippen LogP contribution is 2.37. The van der Waals surface area contributed by atoms with Crippen LogP contribution in [0.4, 0.5) is 0 Å².